The summed E-state index contributed by atoms with van der Waals surface area (Å²) in [6, 6.07) is 8.52. The van der Waals surface area contributed by atoms with Crippen LogP contribution in [-0.4, -0.2) is 51.9 Å². The first-order valence-electron chi connectivity index (χ1n) is 10.7. The maximum Gasteiger partial charge on any atom is 0.277 e. The van der Waals surface area contributed by atoms with Crippen molar-refractivity contribution in [1.29, 1.82) is 0 Å². The Balaban J connectivity index is 1.64. The minimum Gasteiger partial charge on any atom is -0.411 e. The van der Waals surface area contributed by atoms with Gasteiger partial charge in [0.05, 0.1) is 5.25 Å². The van der Waals surface area contributed by atoms with Crippen LogP contribution in [0, 0.1) is 0 Å². The van der Waals surface area contributed by atoms with Crippen LogP contribution in [0.2, 0.25) is 0 Å². The smallest absolute Gasteiger partial charge is 0.277 e. The van der Waals surface area contributed by atoms with Crippen LogP contribution in [0.5, 0.6) is 0 Å². The summed E-state index contributed by atoms with van der Waals surface area (Å²) in [5.41, 5.74) is 2.07. The Bertz CT molecular complexity index is 788. The Morgan fingerprint density at radius 3 is 2.59 bits per heavy atom. The molecule has 0 spiro atoms. The summed E-state index contributed by atoms with van der Waals surface area (Å²) in [5, 5.41) is 8.54. The van der Waals surface area contributed by atoms with Crippen LogP contribution >= 0.6 is 11.8 Å². The van der Waals surface area contributed by atoms with Gasteiger partial charge < -0.3 is 14.2 Å². The lowest BCUT2D eigenvalue weighted by Crippen LogP contribution is -2.46. The van der Waals surface area contributed by atoms with Gasteiger partial charge in [-0.15, -0.1) is 10.2 Å². The van der Waals surface area contributed by atoms with Gasteiger partial charge >= 0.3 is 0 Å². The van der Waals surface area contributed by atoms with Gasteiger partial charge in [-0.2, -0.15) is 0 Å². The van der Waals surface area contributed by atoms with Gasteiger partial charge in [-0.1, -0.05) is 18.7 Å². The molecule has 1 aromatic carbocycles. The fourth-order valence-corrected chi connectivity index (χ4v) is 4.68. The zero-order valence-corrected chi connectivity index (χ0v) is 18.7. The molecule has 0 N–H and O–H groups in total. The van der Waals surface area contributed by atoms with E-state index in [1.54, 1.807) is 0 Å². The van der Waals surface area contributed by atoms with Crippen molar-refractivity contribution in [2.24, 2.45) is 0 Å². The average Bonchev–Trinajstić information content (AvgIpc) is 3.23. The maximum absolute atomic E-state index is 12.9. The van der Waals surface area contributed by atoms with Gasteiger partial charge in [-0.25, -0.2) is 0 Å². The molecule has 1 saturated heterocycles. The highest BCUT2D eigenvalue weighted by Crippen LogP contribution is 2.30. The van der Waals surface area contributed by atoms with Gasteiger partial charge in [0.1, 0.15) is 0 Å². The molecule has 2 heterocycles. The summed E-state index contributed by atoms with van der Waals surface area (Å²) < 4.78 is 5.84. The molecular formula is C22H32N4O2S. The van der Waals surface area contributed by atoms with Gasteiger partial charge in [0.2, 0.25) is 11.8 Å². The van der Waals surface area contributed by atoms with Gasteiger partial charge in [0.15, 0.2) is 0 Å². The second-order valence-corrected chi connectivity index (χ2v) is 8.73. The number of carbonyl (C=O) groups is 1. The average molecular weight is 417 g/mol. The van der Waals surface area contributed by atoms with Crippen LogP contribution in [0.1, 0.15) is 53.4 Å². The first kappa shape index (κ1) is 21.7. The third-order valence-electron chi connectivity index (χ3n) is 5.66. The standard InChI is InChI=1S/C22H32N4O2S/c1-5-18-10-8-9-15-26(18)21(27)16(4)29-22-24-23-20(28-22)17-11-13-19(14-12-17)25(6-2)7-3/h11-14,16,18H,5-10,15H2,1-4H3. The number of nitrogens with zero attached hydrogens (tertiary/aromatic N) is 4. The van der Waals surface area contributed by atoms with E-state index in [0.717, 1.165) is 44.5 Å². The van der Waals surface area contributed by atoms with Gasteiger partial charge in [0, 0.05) is 36.9 Å². The molecule has 2 atom stereocenters. The topological polar surface area (TPSA) is 62.5 Å². The van der Waals surface area contributed by atoms with E-state index < -0.39 is 0 Å². The molecule has 0 saturated carbocycles. The molecule has 1 aromatic heterocycles. The second-order valence-electron chi connectivity index (χ2n) is 7.44. The molecule has 2 aromatic rings. The number of rotatable bonds is 8. The summed E-state index contributed by atoms with van der Waals surface area (Å²) in [6.45, 7) is 11.2. The molecule has 1 amide bonds. The lowest BCUT2D eigenvalue weighted by molar-refractivity contribution is -0.134. The summed E-state index contributed by atoms with van der Waals surface area (Å²) in [5.74, 6) is 0.660. The molecule has 1 aliphatic rings. The highest BCUT2D eigenvalue weighted by molar-refractivity contribution is 8.00. The Hall–Kier alpha value is -2.02. The molecule has 1 aliphatic heterocycles. The predicted molar refractivity (Wildman–Crippen MR) is 118 cm³/mol. The second kappa shape index (κ2) is 10.1. The first-order valence-corrected chi connectivity index (χ1v) is 11.6. The largest absolute Gasteiger partial charge is 0.411 e. The molecular weight excluding hydrogens is 384 g/mol. The normalized spacial score (nSPS) is 17.9. The first-order chi connectivity index (χ1) is 14.1. The third kappa shape index (κ3) is 5.13. The molecule has 1 fully saturated rings. The fourth-order valence-electron chi connectivity index (χ4n) is 3.93. The Morgan fingerprint density at radius 2 is 1.93 bits per heavy atom. The molecule has 6 nitrogen and oxygen atoms in total. The number of piperidine rings is 1. The van der Waals surface area contributed by atoms with E-state index in [4.69, 9.17) is 4.42 Å². The quantitative estimate of drug-likeness (QED) is 0.573. The molecule has 0 radical (unpaired) electrons. The minimum absolute atomic E-state index is 0.171. The number of benzene rings is 1. The molecule has 2 unspecified atom stereocenters. The number of aromatic nitrogens is 2. The summed E-state index contributed by atoms with van der Waals surface area (Å²) >= 11 is 1.35. The number of thioether (sulfide) groups is 1. The van der Waals surface area contributed by atoms with Crippen molar-refractivity contribution < 1.29 is 9.21 Å². The van der Waals surface area contributed by atoms with Gasteiger partial charge in [-0.3, -0.25) is 4.79 Å². The van der Waals surface area contributed by atoms with Gasteiger partial charge in [0.25, 0.3) is 5.22 Å². The van der Waals surface area contributed by atoms with E-state index >= 15 is 0 Å². The zero-order chi connectivity index (χ0) is 20.8. The molecule has 0 aliphatic carbocycles. The molecule has 158 valence electrons. The summed E-state index contributed by atoms with van der Waals surface area (Å²) in [7, 11) is 0. The van der Waals surface area contributed by atoms with E-state index in [-0.39, 0.29) is 11.2 Å². The Kier molecular flexibility index (Phi) is 7.58. The predicted octanol–water partition coefficient (Wildman–Crippen LogP) is 4.85. The maximum atomic E-state index is 12.9. The monoisotopic (exact) mass is 416 g/mol. The van der Waals surface area contributed by atoms with Crippen molar-refractivity contribution in [2.75, 3.05) is 24.5 Å². The van der Waals surface area contributed by atoms with Gasteiger partial charge in [-0.05, 0) is 70.7 Å². The number of likely N-dealkylation sites (tertiary alicyclic amines) is 1. The van der Waals surface area contributed by atoms with Crippen molar-refractivity contribution >= 4 is 23.4 Å². The van der Waals surface area contributed by atoms with Crippen molar-refractivity contribution in [2.45, 2.75) is 69.9 Å². The number of carbonyl (C=O) groups excluding carboxylic acids is 1. The van der Waals surface area contributed by atoms with Crippen molar-refractivity contribution in [3.63, 3.8) is 0 Å². The number of hydrogen-bond acceptors (Lipinski definition) is 6. The van der Waals surface area contributed by atoms with E-state index in [9.17, 15) is 4.79 Å². The van der Waals surface area contributed by atoms with E-state index in [1.807, 2.05) is 24.0 Å². The van der Waals surface area contributed by atoms with Crippen LogP contribution in [-0.2, 0) is 4.79 Å². The molecule has 0 bridgehead atoms. The van der Waals surface area contributed by atoms with Crippen LogP contribution in [0.15, 0.2) is 33.9 Å². The Labute approximate surface area is 178 Å². The van der Waals surface area contributed by atoms with Crippen LogP contribution in [0.25, 0.3) is 11.5 Å². The van der Waals surface area contributed by atoms with Crippen molar-refractivity contribution in [1.82, 2.24) is 15.1 Å². The fraction of sp³-hybridized carbons (Fsp3) is 0.591. The zero-order valence-electron chi connectivity index (χ0n) is 17.9. The van der Waals surface area contributed by atoms with E-state index in [2.05, 4.69) is 48.0 Å². The molecule has 3 rings (SSSR count). The van der Waals surface area contributed by atoms with E-state index in [1.165, 1.54) is 23.9 Å². The SMILES string of the molecule is CCC1CCCCN1C(=O)C(C)Sc1nnc(-c2ccc(N(CC)CC)cc2)o1. The highest BCUT2D eigenvalue weighted by atomic mass is 32.2. The highest BCUT2D eigenvalue weighted by Gasteiger charge is 2.30. The summed E-state index contributed by atoms with van der Waals surface area (Å²) in [6.07, 6.45) is 4.42. The Morgan fingerprint density at radius 1 is 1.21 bits per heavy atom. The molecule has 7 heteroatoms. The number of anilines is 1. The van der Waals surface area contributed by atoms with Crippen LogP contribution in [0.4, 0.5) is 5.69 Å². The summed E-state index contributed by atoms with van der Waals surface area (Å²) in [4.78, 5) is 17.3. The number of amides is 1. The van der Waals surface area contributed by atoms with Crippen molar-refractivity contribution in [3.8, 4) is 11.5 Å². The number of hydrogen-bond donors (Lipinski definition) is 0. The lowest BCUT2D eigenvalue weighted by atomic mass is 10.00. The third-order valence-corrected chi connectivity index (χ3v) is 6.58. The minimum atomic E-state index is -0.236. The van der Waals surface area contributed by atoms with Crippen LogP contribution in [0.3, 0.4) is 0 Å². The molecule has 29 heavy (non-hydrogen) atoms. The van der Waals surface area contributed by atoms with Crippen LogP contribution < -0.4 is 4.90 Å². The lowest BCUT2D eigenvalue weighted by Gasteiger charge is -2.36. The van der Waals surface area contributed by atoms with E-state index in [0.29, 0.717) is 17.2 Å². The van der Waals surface area contributed by atoms with Crippen molar-refractivity contribution in [3.05, 3.63) is 24.3 Å².